The van der Waals surface area contributed by atoms with Crippen LogP contribution in [0.4, 0.5) is 4.39 Å². The maximum absolute atomic E-state index is 13.7. The minimum Gasteiger partial charge on any atom is -0.497 e. The fourth-order valence-corrected chi connectivity index (χ4v) is 4.39. The zero-order valence-corrected chi connectivity index (χ0v) is 20.4. The summed E-state index contributed by atoms with van der Waals surface area (Å²) >= 11 is 3.51. The molecule has 0 spiro atoms. The second kappa shape index (κ2) is 9.83. The van der Waals surface area contributed by atoms with Gasteiger partial charge >= 0.3 is 0 Å². The Hall–Kier alpha value is -3.06. The quantitative estimate of drug-likeness (QED) is 0.394. The van der Waals surface area contributed by atoms with E-state index in [1.807, 2.05) is 31.2 Å². The minimum absolute atomic E-state index is 0.117. The van der Waals surface area contributed by atoms with Gasteiger partial charge in [-0.15, -0.1) is 0 Å². The summed E-state index contributed by atoms with van der Waals surface area (Å²) in [6.07, 6.45) is 0. The van der Waals surface area contributed by atoms with Crippen molar-refractivity contribution in [1.29, 1.82) is 0 Å². The Balaban J connectivity index is 1.75. The molecule has 4 rings (SSSR count). The molecule has 0 aromatic heterocycles. The number of aryl methyl sites for hydroxylation is 1. The highest BCUT2D eigenvalue weighted by Gasteiger charge is 2.27. The number of fused-ring (bicyclic) bond motifs is 1. The van der Waals surface area contributed by atoms with Gasteiger partial charge in [0.05, 0.1) is 26.3 Å². The van der Waals surface area contributed by atoms with Crippen LogP contribution in [-0.2, 0) is 11.9 Å². The smallest absolute Gasteiger partial charge is 0.258 e. The number of methoxy groups -OCH3 is 2. The van der Waals surface area contributed by atoms with Crippen LogP contribution in [-0.4, -0.2) is 38.2 Å². The molecule has 3 aromatic rings. The Morgan fingerprint density at radius 3 is 2.30 bits per heavy atom. The number of nitrogens with zero attached hydrogens (tertiary/aromatic N) is 1. The van der Waals surface area contributed by atoms with Crippen molar-refractivity contribution in [3.05, 3.63) is 76.6 Å². The summed E-state index contributed by atoms with van der Waals surface area (Å²) in [6.45, 7) is 3.02. The topological polar surface area (TPSA) is 48.0 Å². The number of hydrogen-bond donors (Lipinski definition) is 0. The molecule has 1 amide bonds. The standard InChI is InChI=1S/C26H25BrFNO4/c1-16-8-19(28)4-5-22(16)23-11-17(14-27)12-24-25(23)33-7-6-29(26(24)30)15-18-9-20(31-2)13-21(10-18)32-3/h4-5,8-13H,6-7,14-15H2,1-3H3. The number of alkyl halides is 1. The summed E-state index contributed by atoms with van der Waals surface area (Å²) < 4.78 is 30.6. The second-order valence-electron chi connectivity index (χ2n) is 7.91. The van der Waals surface area contributed by atoms with E-state index in [0.717, 1.165) is 27.8 Å². The summed E-state index contributed by atoms with van der Waals surface area (Å²) in [4.78, 5) is 15.4. The van der Waals surface area contributed by atoms with Crippen LogP contribution in [0.5, 0.6) is 17.2 Å². The van der Waals surface area contributed by atoms with Crippen LogP contribution >= 0.6 is 15.9 Å². The van der Waals surface area contributed by atoms with E-state index in [1.165, 1.54) is 12.1 Å². The Morgan fingerprint density at radius 1 is 0.970 bits per heavy atom. The van der Waals surface area contributed by atoms with E-state index < -0.39 is 0 Å². The first-order valence-electron chi connectivity index (χ1n) is 10.6. The lowest BCUT2D eigenvalue weighted by Gasteiger charge is -2.21. The third kappa shape index (κ3) is 4.83. The number of carbonyl (C=O) groups is 1. The zero-order chi connectivity index (χ0) is 23.5. The molecule has 1 heterocycles. The van der Waals surface area contributed by atoms with Gasteiger partial charge in [-0.2, -0.15) is 0 Å². The van der Waals surface area contributed by atoms with Gasteiger partial charge in [-0.05, 0) is 65.6 Å². The lowest BCUT2D eigenvalue weighted by molar-refractivity contribution is 0.0742. The van der Waals surface area contributed by atoms with Crippen molar-refractivity contribution in [3.63, 3.8) is 0 Å². The molecule has 0 unspecified atom stereocenters. The van der Waals surface area contributed by atoms with E-state index in [-0.39, 0.29) is 11.7 Å². The third-order valence-electron chi connectivity index (χ3n) is 5.69. The van der Waals surface area contributed by atoms with Crippen molar-refractivity contribution in [2.45, 2.75) is 18.8 Å². The van der Waals surface area contributed by atoms with Crippen LogP contribution in [0.2, 0.25) is 0 Å². The molecule has 33 heavy (non-hydrogen) atoms. The van der Waals surface area contributed by atoms with E-state index in [2.05, 4.69) is 15.9 Å². The van der Waals surface area contributed by atoms with Crippen LogP contribution < -0.4 is 14.2 Å². The van der Waals surface area contributed by atoms with E-state index in [1.54, 1.807) is 31.3 Å². The molecule has 5 nitrogen and oxygen atoms in total. The highest BCUT2D eigenvalue weighted by Crippen LogP contribution is 2.39. The van der Waals surface area contributed by atoms with Gasteiger partial charge in [-0.1, -0.05) is 22.0 Å². The number of benzene rings is 3. The lowest BCUT2D eigenvalue weighted by Crippen LogP contribution is -2.31. The van der Waals surface area contributed by atoms with Gasteiger partial charge in [0, 0.05) is 23.5 Å². The summed E-state index contributed by atoms with van der Waals surface area (Å²) in [6, 6.07) is 14.1. The molecule has 0 saturated heterocycles. The number of halogens is 2. The average molecular weight is 514 g/mol. The van der Waals surface area contributed by atoms with Gasteiger partial charge in [0.2, 0.25) is 0 Å². The Morgan fingerprint density at radius 2 is 1.67 bits per heavy atom. The largest absolute Gasteiger partial charge is 0.497 e. The number of carbonyl (C=O) groups excluding carboxylic acids is 1. The Bertz CT molecular complexity index is 1170. The van der Waals surface area contributed by atoms with Crippen LogP contribution in [0.1, 0.15) is 27.0 Å². The van der Waals surface area contributed by atoms with Crippen LogP contribution in [0.3, 0.4) is 0 Å². The van der Waals surface area contributed by atoms with E-state index >= 15 is 0 Å². The molecule has 0 fully saturated rings. The molecule has 0 N–H and O–H groups in total. The molecular formula is C26H25BrFNO4. The molecule has 0 aliphatic carbocycles. The maximum atomic E-state index is 13.7. The molecule has 7 heteroatoms. The van der Waals surface area contributed by atoms with Gasteiger partial charge in [0.25, 0.3) is 5.91 Å². The van der Waals surface area contributed by atoms with E-state index in [0.29, 0.717) is 47.8 Å². The molecule has 1 aliphatic heterocycles. The predicted octanol–water partition coefficient (Wildman–Crippen LogP) is 5.75. The SMILES string of the molecule is COc1cc(CN2CCOc3c(cc(CBr)cc3-c3ccc(F)cc3C)C2=O)cc(OC)c1. The zero-order valence-electron chi connectivity index (χ0n) is 18.8. The first-order chi connectivity index (χ1) is 15.9. The van der Waals surface area contributed by atoms with E-state index in [4.69, 9.17) is 14.2 Å². The molecule has 0 radical (unpaired) electrons. The normalized spacial score (nSPS) is 13.2. The van der Waals surface area contributed by atoms with Gasteiger partial charge in [-0.3, -0.25) is 4.79 Å². The summed E-state index contributed by atoms with van der Waals surface area (Å²) in [7, 11) is 3.20. The third-order valence-corrected chi connectivity index (χ3v) is 6.34. The number of hydrogen-bond acceptors (Lipinski definition) is 4. The minimum atomic E-state index is -0.295. The van der Waals surface area contributed by atoms with Crippen LogP contribution in [0, 0.1) is 12.7 Å². The highest BCUT2D eigenvalue weighted by molar-refractivity contribution is 9.08. The van der Waals surface area contributed by atoms with Crippen molar-refractivity contribution < 1.29 is 23.4 Å². The molecule has 0 atom stereocenters. The second-order valence-corrected chi connectivity index (χ2v) is 8.47. The molecule has 0 saturated carbocycles. The van der Waals surface area contributed by atoms with Gasteiger partial charge < -0.3 is 19.1 Å². The molecule has 172 valence electrons. The van der Waals surface area contributed by atoms with Crippen molar-refractivity contribution in [2.75, 3.05) is 27.4 Å². The predicted molar refractivity (Wildman–Crippen MR) is 129 cm³/mol. The van der Waals surface area contributed by atoms with Gasteiger partial charge in [-0.25, -0.2) is 4.39 Å². The number of amides is 1. The molecule has 3 aromatic carbocycles. The van der Waals surface area contributed by atoms with Gasteiger partial charge in [0.15, 0.2) is 0 Å². The first-order valence-corrected chi connectivity index (χ1v) is 11.7. The highest BCUT2D eigenvalue weighted by atomic mass is 79.9. The average Bonchev–Trinajstić information content (AvgIpc) is 2.97. The summed E-state index contributed by atoms with van der Waals surface area (Å²) in [5, 5.41) is 0.577. The van der Waals surface area contributed by atoms with Crippen LogP contribution in [0.25, 0.3) is 11.1 Å². The fraction of sp³-hybridized carbons (Fsp3) is 0.269. The van der Waals surface area contributed by atoms with Crippen molar-refractivity contribution >= 4 is 21.8 Å². The first kappa shape index (κ1) is 23.1. The maximum Gasteiger partial charge on any atom is 0.258 e. The molecule has 1 aliphatic rings. The van der Waals surface area contributed by atoms with Crippen LogP contribution in [0.15, 0.2) is 48.5 Å². The lowest BCUT2D eigenvalue weighted by atomic mass is 9.95. The van der Waals surface area contributed by atoms with Crippen molar-refractivity contribution in [1.82, 2.24) is 4.90 Å². The Kier molecular flexibility index (Phi) is 6.88. The monoisotopic (exact) mass is 513 g/mol. The number of ether oxygens (including phenoxy) is 3. The van der Waals surface area contributed by atoms with Gasteiger partial charge in [0.1, 0.15) is 29.7 Å². The van der Waals surface area contributed by atoms with Crippen molar-refractivity contribution in [2.24, 2.45) is 0 Å². The van der Waals surface area contributed by atoms with E-state index in [9.17, 15) is 9.18 Å². The summed E-state index contributed by atoms with van der Waals surface area (Å²) in [5.74, 6) is 1.45. The fourth-order valence-electron chi connectivity index (χ4n) is 4.07. The Labute approximate surface area is 201 Å². The molecular weight excluding hydrogens is 489 g/mol. The summed E-state index contributed by atoms with van der Waals surface area (Å²) in [5.41, 5.74) is 4.75. The molecule has 0 bridgehead atoms. The van der Waals surface area contributed by atoms with Crippen molar-refractivity contribution in [3.8, 4) is 28.4 Å². The number of rotatable bonds is 6.